The Morgan fingerprint density at radius 1 is 1.19 bits per heavy atom. The van der Waals surface area contributed by atoms with Gasteiger partial charge in [0, 0.05) is 20.3 Å². The van der Waals surface area contributed by atoms with Crippen LogP contribution in [0.15, 0.2) is 6.20 Å². The highest BCUT2D eigenvalue weighted by Crippen LogP contribution is 2.06. The van der Waals surface area contributed by atoms with Gasteiger partial charge in [-0.15, -0.1) is 0 Å². The van der Waals surface area contributed by atoms with Gasteiger partial charge in [0.25, 0.3) is 0 Å². The highest BCUT2D eigenvalue weighted by atomic mass is 16.5. The topological polar surface area (TPSA) is 47.0 Å². The van der Waals surface area contributed by atoms with Crippen LogP contribution in [0.25, 0.3) is 0 Å². The zero-order valence-corrected chi connectivity index (χ0v) is 10.4. The van der Waals surface area contributed by atoms with Crippen molar-refractivity contribution in [2.45, 2.75) is 33.1 Å². The first-order valence-electron chi connectivity index (χ1n) is 5.77. The normalized spacial score (nSPS) is 10.4. The fraction of sp³-hybridized carbons (Fsp3) is 0.667. The SMILES string of the molecule is COCCCCCNc1cnc(C)c(C)n1. The average molecular weight is 223 g/mol. The van der Waals surface area contributed by atoms with Gasteiger partial charge < -0.3 is 10.1 Å². The van der Waals surface area contributed by atoms with E-state index in [1.54, 1.807) is 13.3 Å². The molecule has 1 rings (SSSR count). The quantitative estimate of drug-likeness (QED) is 0.721. The van der Waals surface area contributed by atoms with E-state index in [1.165, 1.54) is 6.42 Å². The molecule has 0 saturated heterocycles. The molecule has 0 spiro atoms. The van der Waals surface area contributed by atoms with Crippen molar-refractivity contribution in [3.63, 3.8) is 0 Å². The minimum absolute atomic E-state index is 0.851. The van der Waals surface area contributed by atoms with Gasteiger partial charge in [-0.2, -0.15) is 0 Å². The van der Waals surface area contributed by atoms with Crippen LogP contribution in [0.2, 0.25) is 0 Å². The fourth-order valence-corrected chi connectivity index (χ4v) is 1.39. The maximum absolute atomic E-state index is 4.99. The van der Waals surface area contributed by atoms with E-state index in [4.69, 9.17) is 4.74 Å². The molecule has 4 heteroatoms. The molecule has 1 aromatic heterocycles. The van der Waals surface area contributed by atoms with Crippen molar-refractivity contribution in [3.05, 3.63) is 17.6 Å². The molecule has 0 aromatic carbocycles. The van der Waals surface area contributed by atoms with E-state index in [0.717, 1.165) is 43.2 Å². The van der Waals surface area contributed by atoms with Crippen LogP contribution in [0.5, 0.6) is 0 Å². The van der Waals surface area contributed by atoms with E-state index in [0.29, 0.717) is 0 Å². The van der Waals surface area contributed by atoms with Crippen LogP contribution in [-0.2, 0) is 4.74 Å². The molecule has 0 aliphatic rings. The van der Waals surface area contributed by atoms with E-state index in [1.807, 2.05) is 13.8 Å². The van der Waals surface area contributed by atoms with Gasteiger partial charge in [0.1, 0.15) is 5.82 Å². The molecular weight excluding hydrogens is 202 g/mol. The Morgan fingerprint density at radius 3 is 2.69 bits per heavy atom. The summed E-state index contributed by atoms with van der Waals surface area (Å²) in [5, 5.41) is 3.28. The second kappa shape index (κ2) is 7.17. The van der Waals surface area contributed by atoms with Crippen LogP contribution in [-0.4, -0.2) is 30.2 Å². The monoisotopic (exact) mass is 223 g/mol. The zero-order valence-electron chi connectivity index (χ0n) is 10.4. The molecule has 0 unspecified atom stereocenters. The lowest BCUT2D eigenvalue weighted by molar-refractivity contribution is 0.192. The Hall–Kier alpha value is -1.16. The maximum Gasteiger partial charge on any atom is 0.144 e. The molecule has 0 amide bonds. The van der Waals surface area contributed by atoms with Crippen molar-refractivity contribution in [2.24, 2.45) is 0 Å². The molecule has 0 saturated carbocycles. The van der Waals surface area contributed by atoms with Crippen LogP contribution >= 0.6 is 0 Å². The molecule has 0 aliphatic carbocycles. The molecule has 4 nitrogen and oxygen atoms in total. The largest absolute Gasteiger partial charge is 0.385 e. The van der Waals surface area contributed by atoms with Gasteiger partial charge in [-0.3, -0.25) is 4.98 Å². The molecular formula is C12H21N3O. The molecule has 0 aliphatic heterocycles. The molecule has 0 radical (unpaired) electrons. The first-order valence-corrected chi connectivity index (χ1v) is 5.77. The zero-order chi connectivity index (χ0) is 11.8. The van der Waals surface area contributed by atoms with Gasteiger partial charge in [-0.1, -0.05) is 0 Å². The fourth-order valence-electron chi connectivity index (χ4n) is 1.39. The average Bonchev–Trinajstić information content (AvgIpc) is 2.28. The number of methoxy groups -OCH3 is 1. The number of aromatic nitrogens is 2. The minimum Gasteiger partial charge on any atom is -0.385 e. The van der Waals surface area contributed by atoms with Crippen LogP contribution < -0.4 is 5.32 Å². The van der Waals surface area contributed by atoms with E-state index in [2.05, 4.69) is 15.3 Å². The Morgan fingerprint density at radius 2 is 2.00 bits per heavy atom. The van der Waals surface area contributed by atoms with Crippen molar-refractivity contribution in [3.8, 4) is 0 Å². The summed E-state index contributed by atoms with van der Waals surface area (Å²) in [7, 11) is 1.74. The molecule has 90 valence electrons. The van der Waals surface area contributed by atoms with Gasteiger partial charge in [0.05, 0.1) is 17.6 Å². The molecule has 0 atom stereocenters. The Kier molecular flexibility index (Phi) is 5.78. The molecule has 1 N–H and O–H groups in total. The predicted octanol–water partition coefficient (Wildman–Crippen LogP) is 2.32. The second-order valence-electron chi connectivity index (χ2n) is 3.91. The van der Waals surface area contributed by atoms with Crippen molar-refractivity contribution in [1.29, 1.82) is 0 Å². The summed E-state index contributed by atoms with van der Waals surface area (Å²) < 4.78 is 4.99. The first-order chi connectivity index (χ1) is 7.74. The number of rotatable bonds is 7. The Balaban J connectivity index is 2.19. The summed E-state index contributed by atoms with van der Waals surface area (Å²) >= 11 is 0. The maximum atomic E-state index is 4.99. The number of nitrogens with zero attached hydrogens (tertiary/aromatic N) is 2. The number of anilines is 1. The van der Waals surface area contributed by atoms with Gasteiger partial charge in [-0.05, 0) is 33.1 Å². The van der Waals surface area contributed by atoms with Crippen LogP contribution in [0.4, 0.5) is 5.82 Å². The van der Waals surface area contributed by atoms with Gasteiger partial charge in [0.15, 0.2) is 0 Å². The van der Waals surface area contributed by atoms with Crippen LogP contribution in [0.3, 0.4) is 0 Å². The van der Waals surface area contributed by atoms with E-state index in [9.17, 15) is 0 Å². The number of hydrogen-bond acceptors (Lipinski definition) is 4. The Bertz CT molecular complexity index is 315. The van der Waals surface area contributed by atoms with Crippen molar-refractivity contribution in [2.75, 3.05) is 25.6 Å². The summed E-state index contributed by atoms with van der Waals surface area (Å²) in [6, 6.07) is 0. The third-order valence-corrected chi connectivity index (χ3v) is 2.52. The smallest absolute Gasteiger partial charge is 0.144 e. The van der Waals surface area contributed by atoms with E-state index in [-0.39, 0.29) is 0 Å². The molecule has 0 fully saturated rings. The third kappa shape index (κ3) is 4.57. The first kappa shape index (κ1) is 12.9. The van der Waals surface area contributed by atoms with Crippen molar-refractivity contribution in [1.82, 2.24) is 9.97 Å². The van der Waals surface area contributed by atoms with Gasteiger partial charge >= 0.3 is 0 Å². The number of hydrogen-bond donors (Lipinski definition) is 1. The standard InChI is InChI=1S/C12H21N3O/c1-10-11(2)15-12(9-14-10)13-7-5-4-6-8-16-3/h9H,4-8H2,1-3H3,(H,13,15). The summed E-state index contributed by atoms with van der Waals surface area (Å²) in [5.41, 5.74) is 1.98. The molecule has 0 bridgehead atoms. The summed E-state index contributed by atoms with van der Waals surface area (Å²) in [5.74, 6) is 0.870. The van der Waals surface area contributed by atoms with Gasteiger partial charge in [0.2, 0.25) is 0 Å². The second-order valence-corrected chi connectivity index (χ2v) is 3.91. The molecule has 1 heterocycles. The number of aryl methyl sites for hydroxylation is 2. The highest BCUT2D eigenvalue weighted by molar-refractivity contribution is 5.32. The summed E-state index contributed by atoms with van der Waals surface area (Å²) in [6.07, 6.45) is 5.23. The summed E-state index contributed by atoms with van der Waals surface area (Å²) in [6.45, 7) is 5.74. The number of ether oxygens (including phenoxy) is 1. The lowest BCUT2D eigenvalue weighted by Gasteiger charge is -2.06. The van der Waals surface area contributed by atoms with E-state index >= 15 is 0 Å². The number of unbranched alkanes of at least 4 members (excludes halogenated alkanes) is 2. The van der Waals surface area contributed by atoms with Crippen LogP contribution in [0, 0.1) is 13.8 Å². The van der Waals surface area contributed by atoms with Crippen LogP contribution in [0.1, 0.15) is 30.7 Å². The Labute approximate surface area is 97.5 Å². The predicted molar refractivity (Wildman–Crippen MR) is 65.7 cm³/mol. The summed E-state index contributed by atoms with van der Waals surface area (Å²) in [4.78, 5) is 8.67. The van der Waals surface area contributed by atoms with Gasteiger partial charge in [-0.25, -0.2) is 4.98 Å². The highest BCUT2D eigenvalue weighted by Gasteiger charge is 1.98. The van der Waals surface area contributed by atoms with Crippen molar-refractivity contribution < 1.29 is 4.74 Å². The minimum atomic E-state index is 0.851. The van der Waals surface area contributed by atoms with Crippen molar-refractivity contribution >= 4 is 5.82 Å². The third-order valence-electron chi connectivity index (χ3n) is 2.52. The molecule has 1 aromatic rings. The molecule has 16 heavy (non-hydrogen) atoms. The number of nitrogens with one attached hydrogen (secondary N) is 1. The lowest BCUT2D eigenvalue weighted by atomic mass is 10.2. The van der Waals surface area contributed by atoms with E-state index < -0.39 is 0 Å². The lowest BCUT2D eigenvalue weighted by Crippen LogP contribution is -2.05.